The first-order chi connectivity index (χ1) is 13.9. The van der Waals surface area contributed by atoms with Gasteiger partial charge in [0.2, 0.25) is 11.8 Å². The van der Waals surface area contributed by atoms with Crippen molar-refractivity contribution in [1.82, 2.24) is 9.80 Å². The maximum Gasteiger partial charge on any atom is 0.228 e. The Bertz CT molecular complexity index is 850. The van der Waals surface area contributed by atoms with Crippen LogP contribution in [-0.4, -0.2) is 48.9 Å². The van der Waals surface area contributed by atoms with Crippen LogP contribution >= 0.6 is 0 Å². The van der Waals surface area contributed by atoms with Gasteiger partial charge in [0.25, 0.3) is 0 Å². The molecule has 0 bridgehead atoms. The molecule has 1 heterocycles. The van der Waals surface area contributed by atoms with E-state index >= 15 is 0 Å². The second-order valence-electron chi connectivity index (χ2n) is 8.07. The molecule has 2 atom stereocenters. The van der Waals surface area contributed by atoms with E-state index in [0.717, 1.165) is 16.9 Å². The molecule has 5 heteroatoms. The molecule has 1 aliphatic rings. The Morgan fingerprint density at radius 1 is 1.10 bits per heavy atom. The number of likely N-dealkylation sites (tertiary alicyclic amines) is 1. The first-order valence-corrected chi connectivity index (χ1v) is 10.1. The van der Waals surface area contributed by atoms with Crippen molar-refractivity contribution >= 4 is 11.8 Å². The van der Waals surface area contributed by atoms with Crippen LogP contribution in [0.15, 0.2) is 54.6 Å². The highest BCUT2D eigenvalue weighted by Crippen LogP contribution is 2.36. The molecule has 1 fully saturated rings. The van der Waals surface area contributed by atoms with Gasteiger partial charge in [-0.05, 0) is 23.3 Å². The van der Waals surface area contributed by atoms with Gasteiger partial charge in [0.1, 0.15) is 5.75 Å². The van der Waals surface area contributed by atoms with E-state index in [1.54, 1.807) is 12.0 Å². The maximum absolute atomic E-state index is 13.4. The average Bonchev–Trinajstić information content (AvgIpc) is 3.18. The van der Waals surface area contributed by atoms with Gasteiger partial charge in [-0.1, -0.05) is 56.3 Å². The van der Waals surface area contributed by atoms with Gasteiger partial charge in [-0.25, -0.2) is 0 Å². The minimum atomic E-state index is -0.265. The Balaban J connectivity index is 1.85. The van der Waals surface area contributed by atoms with Gasteiger partial charge in [0.05, 0.1) is 13.0 Å². The fourth-order valence-electron chi connectivity index (χ4n) is 4.03. The predicted molar refractivity (Wildman–Crippen MR) is 114 cm³/mol. The summed E-state index contributed by atoms with van der Waals surface area (Å²) < 4.78 is 5.37. The summed E-state index contributed by atoms with van der Waals surface area (Å²) in [5, 5.41) is 0. The summed E-state index contributed by atoms with van der Waals surface area (Å²) in [6.45, 7) is 5.37. The zero-order valence-corrected chi connectivity index (χ0v) is 17.7. The third-order valence-corrected chi connectivity index (χ3v) is 5.60. The molecule has 5 nitrogen and oxygen atoms in total. The Labute approximate surface area is 173 Å². The number of benzene rings is 2. The number of rotatable bonds is 6. The molecule has 0 spiro atoms. The summed E-state index contributed by atoms with van der Waals surface area (Å²) in [7, 11) is 3.48. The van der Waals surface area contributed by atoms with Crippen LogP contribution in [0.1, 0.15) is 30.9 Å². The summed E-state index contributed by atoms with van der Waals surface area (Å²) >= 11 is 0. The van der Waals surface area contributed by atoms with Crippen LogP contribution in [0.5, 0.6) is 5.75 Å². The van der Waals surface area contributed by atoms with Gasteiger partial charge in [-0.3, -0.25) is 9.59 Å². The quantitative estimate of drug-likeness (QED) is 0.753. The molecular formula is C24H30N2O3. The molecule has 0 saturated carbocycles. The van der Waals surface area contributed by atoms with Gasteiger partial charge in [-0.2, -0.15) is 0 Å². The van der Waals surface area contributed by atoms with Gasteiger partial charge < -0.3 is 14.5 Å². The lowest BCUT2D eigenvalue weighted by Crippen LogP contribution is -2.37. The van der Waals surface area contributed by atoms with Gasteiger partial charge in [0, 0.05) is 38.5 Å². The molecule has 29 heavy (non-hydrogen) atoms. The highest BCUT2D eigenvalue weighted by molar-refractivity contribution is 5.84. The predicted octanol–water partition coefficient (Wildman–Crippen LogP) is 3.55. The van der Waals surface area contributed by atoms with E-state index < -0.39 is 0 Å². The summed E-state index contributed by atoms with van der Waals surface area (Å²) in [4.78, 5) is 29.6. The molecular weight excluding hydrogens is 364 g/mol. The molecule has 0 aromatic heterocycles. The Morgan fingerprint density at radius 3 is 2.48 bits per heavy atom. The topological polar surface area (TPSA) is 49.9 Å². The summed E-state index contributed by atoms with van der Waals surface area (Å²) in [5.74, 6) is 0.536. The average molecular weight is 395 g/mol. The number of nitrogens with zero attached hydrogens (tertiary/aromatic N) is 2. The van der Waals surface area contributed by atoms with Crippen LogP contribution in [0, 0.1) is 11.8 Å². The molecule has 2 unspecified atom stereocenters. The summed E-state index contributed by atoms with van der Waals surface area (Å²) in [5.41, 5.74) is 2.13. The summed E-state index contributed by atoms with van der Waals surface area (Å²) in [6, 6.07) is 17.8. The SMILES string of the molecule is COc1cccc(C2CN(C(=O)C(C)C)CC2C(=O)N(C)Cc2ccccc2)c1. The van der Waals surface area contributed by atoms with Crippen molar-refractivity contribution in [2.24, 2.45) is 11.8 Å². The van der Waals surface area contributed by atoms with Crippen molar-refractivity contribution < 1.29 is 14.3 Å². The van der Waals surface area contributed by atoms with Gasteiger partial charge >= 0.3 is 0 Å². The number of methoxy groups -OCH3 is 1. The highest BCUT2D eigenvalue weighted by Gasteiger charge is 2.41. The number of carbonyl (C=O) groups excluding carboxylic acids is 2. The van der Waals surface area contributed by atoms with Crippen LogP contribution < -0.4 is 4.74 Å². The largest absolute Gasteiger partial charge is 0.497 e. The van der Waals surface area contributed by atoms with Crippen molar-refractivity contribution in [3.8, 4) is 5.75 Å². The van der Waals surface area contributed by atoms with Crippen molar-refractivity contribution in [3.63, 3.8) is 0 Å². The van der Waals surface area contributed by atoms with Crippen molar-refractivity contribution in [2.75, 3.05) is 27.2 Å². The van der Waals surface area contributed by atoms with Crippen LogP contribution in [0.4, 0.5) is 0 Å². The lowest BCUT2D eigenvalue weighted by Gasteiger charge is -2.25. The van der Waals surface area contributed by atoms with Crippen LogP contribution in [0.2, 0.25) is 0 Å². The van der Waals surface area contributed by atoms with E-state index in [9.17, 15) is 9.59 Å². The number of amides is 2. The fourth-order valence-corrected chi connectivity index (χ4v) is 4.03. The summed E-state index contributed by atoms with van der Waals surface area (Å²) in [6.07, 6.45) is 0. The molecule has 3 rings (SSSR count). The lowest BCUT2D eigenvalue weighted by molar-refractivity contribution is -0.136. The van der Waals surface area contributed by atoms with E-state index in [4.69, 9.17) is 4.74 Å². The minimum absolute atomic E-state index is 0.0430. The Kier molecular flexibility index (Phi) is 6.57. The monoisotopic (exact) mass is 394 g/mol. The third-order valence-electron chi connectivity index (χ3n) is 5.60. The minimum Gasteiger partial charge on any atom is -0.497 e. The fraction of sp³-hybridized carbons (Fsp3) is 0.417. The lowest BCUT2D eigenvalue weighted by atomic mass is 9.88. The van der Waals surface area contributed by atoms with Crippen LogP contribution in [0.25, 0.3) is 0 Å². The molecule has 0 radical (unpaired) electrons. The molecule has 2 aromatic carbocycles. The number of hydrogen-bond acceptors (Lipinski definition) is 3. The Morgan fingerprint density at radius 2 is 1.83 bits per heavy atom. The van der Waals surface area contributed by atoms with Crippen molar-refractivity contribution in [1.29, 1.82) is 0 Å². The van der Waals surface area contributed by atoms with Crippen molar-refractivity contribution in [2.45, 2.75) is 26.3 Å². The first kappa shape index (κ1) is 20.9. The van der Waals surface area contributed by atoms with Crippen molar-refractivity contribution in [3.05, 3.63) is 65.7 Å². The van der Waals surface area contributed by atoms with E-state index in [1.165, 1.54) is 0 Å². The van der Waals surface area contributed by atoms with E-state index in [0.29, 0.717) is 19.6 Å². The van der Waals surface area contributed by atoms with E-state index in [2.05, 4.69) is 0 Å². The molecule has 2 aromatic rings. The third kappa shape index (κ3) is 4.78. The van der Waals surface area contributed by atoms with Crippen LogP contribution in [-0.2, 0) is 16.1 Å². The zero-order valence-electron chi connectivity index (χ0n) is 17.7. The smallest absolute Gasteiger partial charge is 0.228 e. The number of ether oxygens (including phenoxy) is 1. The second-order valence-corrected chi connectivity index (χ2v) is 8.07. The molecule has 0 N–H and O–H groups in total. The highest BCUT2D eigenvalue weighted by atomic mass is 16.5. The number of hydrogen-bond donors (Lipinski definition) is 0. The van der Waals surface area contributed by atoms with E-state index in [-0.39, 0.29) is 29.6 Å². The van der Waals surface area contributed by atoms with Gasteiger partial charge in [-0.15, -0.1) is 0 Å². The van der Waals surface area contributed by atoms with Crippen LogP contribution in [0.3, 0.4) is 0 Å². The normalized spacial score (nSPS) is 18.7. The molecule has 0 aliphatic carbocycles. The van der Waals surface area contributed by atoms with Gasteiger partial charge in [0.15, 0.2) is 0 Å². The molecule has 154 valence electrons. The first-order valence-electron chi connectivity index (χ1n) is 10.1. The molecule has 1 saturated heterocycles. The van der Waals surface area contributed by atoms with E-state index in [1.807, 2.05) is 80.4 Å². The standard InChI is InChI=1S/C24H30N2O3/c1-17(2)23(27)26-15-21(19-11-8-12-20(13-19)29-4)22(16-26)24(28)25(3)14-18-9-6-5-7-10-18/h5-13,17,21-22H,14-16H2,1-4H3. The Hall–Kier alpha value is -2.82. The maximum atomic E-state index is 13.4. The number of carbonyl (C=O) groups is 2. The molecule has 1 aliphatic heterocycles. The molecule has 2 amide bonds. The zero-order chi connectivity index (χ0) is 21.0. The second kappa shape index (κ2) is 9.12.